The van der Waals surface area contributed by atoms with Gasteiger partial charge < -0.3 is 0 Å². The van der Waals surface area contributed by atoms with Gasteiger partial charge in [-0.3, -0.25) is 0 Å². The van der Waals surface area contributed by atoms with E-state index in [0.29, 0.717) is 3.57 Å². The number of aliphatic hydroxyl groups is 1. The summed E-state index contributed by atoms with van der Waals surface area (Å²) in [6, 6.07) is 5.72. The zero-order valence-corrected chi connectivity index (χ0v) is 10.6. The summed E-state index contributed by atoms with van der Waals surface area (Å²) in [5, 5.41) is 16.1. The quantitative estimate of drug-likeness (QED) is 0.331. The molecule has 0 aromatic heterocycles. The maximum atomic E-state index is 10.8. The molecule has 1 rings (SSSR count). The monoisotopic (exact) mass is 343 g/mol. The second kappa shape index (κ2) is 5.01. The summed E-state index contributed by atoms with van der Waals surface area (Å²) in [5.41, 5.74) is 0. The molecule has 0 aliphatic heterocycles. The Hall–Kier alpha value is -0.510. The molecule has 0 amide bonds. The molecule has 0 aliphatic rings. The van der Waals surface area contributed by atoms with Gasteiger partial charge in [0.1, 0.15) is 0 Å². The first kappa shape index (κ1) is 12.6. The average molecular weight is 343 g/mol. The molecule has 0 aliphatic carbocycles. The summed E-state index contributed by atoms with van der Waals surface area (Å²) < 4.78 is 32.2. The van der Waals surface area contributed by atoms with Crippen molar-refractivity contribution in [2.24, 2.45) is 0 Å². The van der Waals surface area contributed by atoms with Crippen LogP contribution in [0.15, 0.2) is 29.2 Å². The second-order valence-corrected chi connectivity index (χ2v) is 8.80. The van der Waals surface area contributed by atoms with E-state index in [0.717, 1.165) is 0 Å². The number of nitrogens with one attached hydrogen (secondary N) is 1. The van der Waals surface area contributed by atoms with Gasteiger partial charge in [0.25, 0.3) is 0 Å². The third kappa shape index (κ3) is 3.23. The molecule has 7 heteroatoms. The Balaban J connectivity index is 3.18. The first-order valence-corrected chi connectivity index (χ1v) is 9.11. The van der Waals surface area contributed by atoms with Crippen LogP contribution in [0.1, 0.15) is 0 Å². The first-order chi connectivity index (χ1) is 6.99. The fourth-order valence-corrected chi connectivity index (χ4v) is 4.04. The predicted octanol–water partition coefficient (Wildman–Crippen LogP) is 1.17. The van der Waals surface area contributed by atoms with Crippen LogP contribution in [0, 0.1) is 8.98 Å². The number of alkyl halides is 1. The van der Waals surface area contributed by atoms with E-state index >= 15 is 0 Å². The van der Waals surface area contributed by atoms with Crippen molar-refractivity contribution in [3.05, 3.63) is 27.8 Å². The molecule has 0 saturated carbocycles. The summed E-state index contributed by atoms with van der Waals surface area (Å²) >= 11 is -2.11. The van der Waals surface area contributed by atoms with Crippen molar-refractivity contribution in [3.8, 4) is 0 Å². The molecule has 0 bridgehead atoms. The molecule has 3 N–H and O–H groups in total. The van der Waals surface area contributed by atoms with Crippen LogP contribution in [0.3, 0.4) is 0 Å². The molecular formula is C8H10INO4S. The predicted molar refractivity (Wildman–Crippen MR) is 64.8 cm³/mol. The SMILES string of the molecule is N=CI(CO)c1cccc(S(=O)(=O)O)c1. The fraction of sp³-hybridized carbons (Fsp3) is 0.125. The van der Waals surface area contributed by atoms with E-state index in [9.17, 15) is 8.42 Å². The fourth-order valence-electron chi connectivity index (χ4n) is 0.945. The normalized spacial score (nSPS) is 12.3. The number of benzene rings is 1. The van der Waals surface area contributed by atoms with Gasteiger partial charge in [0.15, 0.2) is 0 Å². The van der Waals surface area contributed by atoms with Crippen LogP contribution in [0.25, 0.3) is 0 Å². The molecule has 5 nitrogen and oxygen atoms in total. The molecule has 0 fully saturated rings. The van der Waals surface area contributed by atoms with Crippen molar-refractivity contribution in [3.63, 3.8) is 0 Å². The second-order valence-electron chi connectivity index (χ2n) is 2.56. The van der Waals surface area contributed by atoms with Crippen molar-refractivity contribution in [2.45, 2.75) is 4.90 Å². The Bertz CT molecular complexity index is 459. The Labute approximate surface area is 94.8 Å². The number of rotatable bonds is 4. The van der Waals surface area contributed by atoms with Gasteiger partial charge in [-0.2, -0.15) is 0 Å². The van der Waals surface area contributed by atoms with E-state index in [1.165, 1.54) is 22.4 Å². The summed E-state index contributed by atoms with van der Waals surface area (Å²) in [5.74, 6) is 0. The van der Waals surface area contributed by atoms with Crippen molar-refractivity contribution in [1.29, 1.82) is 5.41 Å². The van der Waals surface area contributed by atoms with Gasteiger partial charge >= 0.3 is 95.0 Å². The number of hydrogen-bond acceptors (Lipinski definition) is 4. The van der Waals surface area contributed by atoms with Crippen molar-refractivity contribution in [2.75, 3.05) is 4.61 Å². The van der Waals surface area contributed by atoms with Crippen LogP contribution in [0.5, 0.6) is 0 Å². The van der Waals surface area contributed by atoms with Crippen molar-refractivity contribution >= 4 is 34.2 Å². The molecule has 0 spiro atoms. The van der Waals surface area contributed by atoms with Crippen LogP contribution in [0.4, 0.5) is 0 Å². The van der Waals surface area contributed by atoms with E-state index in [1.807, 2.05) is 0 Å². The van der Waals surface area contributed by atoms with Crippen LogP contribution < -0.4 is 0 Å². The topological polar surface area (TPSA) is 98.5 Å². The van der Waals surface area contributed by atoms with E-state index in [1.54, 1.807) is 6.07 Å². The van der Waals surface area contributed by atoms with Crippen LogP contribution in [-0.4, -0.2) is 26.9 Å². The van der Waals surface area contributed by atoms with Gasteiger partial charge in [-0.05, 0) is 0 Å². The zero-order valence-electron chi connectivity index (χ0n) is 7.59. The third-order valence-electron chi connectivity index (χ3n) is 1.63. The van der Waals surface area contributed by atoms with E-state index in [-0.39, 0.29) is 9.51 Å². The third-order valence-corrected chi connectivity index (χ3v) is 6.24. The number of halogens is 1. The zero-order chi connectivity index (χ0) is 11.5. The summed E-state index contributed by atoms with van der Waals surface area (Å²) in [4.78, 5) is -0.197. The van der Waals surface area contributed by atoms with Crippen LogP contribution in [0.2, 0.25) is 0 Å². The Morgan fingerprint density at radius 3 is 2.60 bits per heavy atom. The maximum absolute atomic E-state index is 10.8. The van der Waals surface area contributed by atoms with E-state index in [2.05, 4.69) is 0 Å². The van der Waals surface area contributed by atoms with Gasteiger partial charge in [0.05, 0.1) is 0 Å². The summed E-state index contributed by atoms with van der Waals surface area (Å²) in [7, 11) is -4.21. The Morgan fingerprint density at radius 2 is 2.13 bits per heavy atom. The number of aliphatic hydroxyl groups excluding tert-OH is 1. The molecule has 0 atom stereocenters. The minimum atomic E-state index is -4.21. The van der Waals surface area contributed by atoms with Crippen molar-refractivity contribution < 1.29 is 18.1 Å². The van der Waals surface area contributed by atoms with Gasteiger partial charge in [0, 0.05) is 0 Å². The molecule has 15 heavy (non-hydrogen) atoms. The van der Waals surface area contributed by atoms with Gasteiger partial charge in [-0.25, -0.2) is 0 Å². The molecule has 0 radical (unpaired) electrons. The van der Waals surface area contributed by atoms with Crippen LogP contribution >= 0.6 is 19.8 Å². The average Bonchev–Trinajstić information content (AvgIpc) is 2.19. The molecule has 1 aromatic carbocycles. The van der Waals surface area contributed by atoms with Crippen molar-refractivity contribution in [1.82, 2.24) is 0 Å². The van der Waals surface area contributed by atoms with E-state index in [4.69, 9.17) is 15.1 Å². The summed E-state index contributed by atoms with van der Waals surface area (Å²) in [6.07, 6.45) is 0. The van der Waals surface area contributed by atoms with Gasteiger partial charge in [0.2, 0.25) is 0 Å². The molecule has 0 heterocycles. The molecule has 1 aromatic rings. The summed E-state index contributed by atoms with van der Waals surface area (Å²) in [6.45, 7) is 0. The minimum absolute atomic E-state index is 0.123. The Kier molecular flexibility index (Phi) is 4.20. The van der Waals surface area contributed by atoms with E-state index < -0.39 is 29.9 Å². The van der Waals surface area contributed by atoms with Gasteiger partial charge in [-0.1, -0.05) is 0 Å². The first-order valence-electron chi connectivity index (χ1n) is 3.82. The molecule has 0 saturated heterocycles. The molecule has 0 unspecified atom stereocenters. The standard InChI is InChI=1S/C8H10INO4S/c10-5-9(6-11)7-2-1-3-8(4-7)15(12,13)14/h1-5,10-11H,6H2,(H,12,13,14). The molecular weight excluding hydrogens is 333 g/mol. The Morgan fingerprint density at radius 1 is 1.47 bits per heavy atom. The molecule has 84 valence electrons. The number of hydrogen-bond donors (Lipinski definition) is 3. The van der Waals surface area contributed by atoms with Gasteiger partial charge in [-0.15, -0.1) is 0 Å². The van der Waals surface area contributed by atoms with Crippen LogP contribution in [-0.2, 0) is 10.1 Å².